The van der Waals surface area contributed by atoms with Gasteiger partial charge in [0, 0.05) is 7.05 Å². The fourth-order valence-electron chi connectivity index (χ4n) is 1.65. The van der Waals surface area contributed by atoms with Gasteiger partial charge in [-0.2, -0.15) is 0 Å². The molecule has 0 aliphatic heterocycles. The van der Waals surface area contributed by atoms with Crippen LogP contribution in [0.2, 0.25) is 5.02 Å². The number of nitrogens with one attached hydrogen (secondary N) is 1. The highest BCUT2D eigenvalue weighted by atomic mass is 35.5. The summed E-state index contributed by atoms with van der Waals surface area (Å²) in [6.07, 6.45) is -3.11. The van der Waals surface area contributed by atoms with E-state index in [2.05, 4.69) is 5.10 Å². The Kier molecular flexibility index (Phi) is 4.52. The molecule has 1 heterocycles. The highest BCUT2D eigenvalue weighted by Gasteiger charge is 2.26. The summed E-state index contributed by atoms with van der Waals surface area (Å²) in [7, 11) is -3.43. The lowest BCUT2D eigenvalue weighted by Gasteiger charge is -2.07. The van der Waals surface area contributed by atoms with Gasteiger partial charge in [0.05, 0.1) is 5.02 Å². The zero-order chi connectivity index (χ0) is 17.4. The fourth-order valence-corrected chi connectivity index (χ4v) is 3.10. The van der Waals surface area contributed by atoms with Crippen molar-refractivity contribution in [3.8, 4) is 0 Å². The topological polar surface area (TPSA) is 103 Å². The van der Waals surface area contributed by atoms with Crippen LogP contribution in [0.4, 0.5) is 13.6 Å². The van der Waals surface area contributed by atoms with Crippen molar-refractivity contribution in [2.45, 2.75) is 11.3 Å². The summed E-state index contributed by atoms with van der Waals surface area (Å²) in [5.41, 5.74) is -1.22. The van der Waals surface area contributed by atoms with E-state index in [1.165, 1.54) is 18.2 Å². The third-order valence-corrected chi connectivity index (χ3v) is 4.57. The van der Waals surface area contributed by atoms with Crippen LogP contribution in [0.15, 0.2) is 34.0 Å². The first-order valence-electron chi connectivity index (χ1n) is 5.91. The van der Waals surface area contributed by atoms with Gasteiger partial charge >= 0.3 is 11.7 Å². The van der Waals surface area contributed by atoms with E-state index in [0.717, 1.165) is 13.1 Å². The van der Waals surface area contributed by atoms with E-state index >= 15 is 0 Å². The van der Waals surface area contributed by atoms with Crippen molar-refractivity contribution in [3.05, 3.63) is 45.6 Å². The number of alkyl halides is 2. The van der Waals surface area contributed by atoms with Gasteiger partial charge in [-0.3, -0.25) is 4.57 Å². The second kappa shape index (κ2) is 6.08. The molecular weight excluding hydrogens is 358 g/mol. The van der Waals surface area contributed by atoms with Gasteiger partial charge in [0.25, 0.3) is 16.4 Å². The number of aromatic nitrogens is 3. The smallest absolute Gasteiger partial charge is 0.277 e. The van der Waals surface area contributed by atoms with Gasteiger partial charge in [-0.15, -0.1) is 9.78 Å². The lowest BCUT2D eigenvalue weighted by molar-refractivity contribution is 0.135. The fraction of sp³-hybridized carbons (Fsp3) is 0.182. The Hall–Kier alpha value is -2.27. The average Bonchev–Trinajstić information content (AvgIpc) is 2.75. The van der Waals surface area contributed by atoms with Gasteiger partial charge in [0.1, 0.15) is 4.90 Å². The SMILES string of the molecule is Cn1c(C(F)F)nn(C(=O)NS(=O)(=O)c2ccccc2Cl)c1=O. The predicted molar refractivity (Wildman–Crippen MR) is 75.0 cm³/mol. The first-order valence-corrected chi connectivity index (χ1v) is 7.77. The minimum absolute atomic E-state index is 0.00408. The van der Waals surface area contributed by atoms with E-state index in [0.29, 0.717) is 4.57 Å². The molecule has 0 aliphatic rings. The van der Waals surface area contributed by atoms with Crippen LogP contribution in [0, 0.1) is 0 Å². The Labute approximate surface area is 133 Å². The second-order valence-corrected chi connectivity index (χ2v) is 6.31. The summed E-state index contributed by atoms with van der Waals surface area (Å²) >= 11 is 5.72. The van der Waals surface area contributed by atoms with Crippen LogP contribution < -0.4 is 10.4 Å². The van der Waals surface area contributed by atoms with E-state index in [1.54, 1.807) is 4.72 Å². The van der Waals surface area contributed by atoms with Gasteiger partial charge in [0.15, 0.2) is 0 Å². The molecular formula is C11H9ClF2N4O4S. The Morgan fingerprint density at radius 3 is 2.48 bits per heavy atom. The highest BCUT2D eigenvalue weighted by Crippen LogP contribution is 2.20. The monoisotopic (exact) mass is 366 g/mol. The number of nitrogens with zero attached hydrogens (tertiary/aromatic N) is 3. The molecule has 0 atom stereocenters. The maximum absolute atomic E-state index is 12.6. The molecule has 1 N–H and O–H groups in total. The van der Waals surface area contributed by atoms with Crippen LogP contribution in [0.25, 0.3) is 0 Å². The highest BCUT2D eigenvalue weighted by molar-refractivity contribution is 7.90. The molecule has 2 rings (SSSR count). The molecule has 0 unspecified atom stereocenters. The van der Waals surface area contributed by atoms with Crippen molar-refractivity contribution in [1.29, 1.82) is 0 Å². The molecule has 0 fully saturated rings. The normalized spacial score (nSPS) is 11.7. The Balaban J connectivity index is 2.39. The van der Waals surface area contributed by atoms with Crippen molar-refractivity contribution in [2.24, 2.45) is 7.05 Å². The summed E-state index contributed by atoms with van der Waals surface area (Å²) in [5.74, 6) is -0.972. The first-order chi connectivity index (χ1) is 10.6. The number of carbonyl (C=O) groups is 1. The summed E-state index contributed by atoms with van der Waals surface area (Å²) in [6, 6.07) is 3.75. The van der Waals surface area contributed by atoms with E-state index < -0.39 is 38.9 Å². The number of hydrogen-bond acceptors (Lipinski definition) is 5. The van der Waals surface area contributed by atoms with Crippen LogP contribution in [0.3, 0.4) is 0 Å². The van der Waals surface area contributed by atoms with Gasteiger partial charge in [-0.1, -0.05) is 23.7 Å². The quantitative estimate of drug-likeness (QED) is 0.876. The third kappa shape index (κ3) is 3.24. The summed E-state index contributed by atoms with van der Waals surface area (Å²) < 4.78 is 51.4. The second-order valence-electron chi connectivity index (χ2n) is 4.25. The van der Waals surface area contributed by atoms with Crippen molar-refractivity contribution in [1.82, 2.24) is 19.1 Å². The van der Waals surface area contributed by atoms with Gasteiger partial charge in [0.2, 0.25) is 5.82 Å². The number of benzene rings is 1. The summed E-state index contributed by atoms with van der Waals surface area (Å²) in [5, 5.41) is 2.96. The van der Waals surface area contributed by atoms with E-state index in [-0.39, 0.29) is 9.70 Å². The predicted octanol–water partition coefficient (Wildman–Crippen LogP) is 1.12. The minimum Gasteiger partial charge on any atom is -0.277 e. The van der Waals surface area contributed by atoms with Gasteiger partial charge in [-0.05, 0) is 12.1 Å². The maximum Gasteiger partial charge on any atom is 0.360 e. The molecule has 2 aromatic rings. The zero-order valence-corrected chi connectivity index (χ0v) is 13.0. The summed E-state index contributed by atoms with van der Waals surface area (Å²) in [4.78, 5) is 23.1. The Bertz CT molecular complexity index is 922. The van der Waals surface area contributed by atoms with Crippen molar-refractivity contribution >= 4 is 27.7 Å². The number of rotatable bonds is 3. The molecule has 0 saturated heterocycles. The Morgan fingerprint density at radius 2 is 1.96 bits per heavy atom. The number of sulfonamides is 1. The number of carbonyl (C=O) groups excluding carboxylic acids is 1. The standard InChI is InChI=1S/C11H9ClF2N4O4S/c1-17-9(8(13)14)15-18(11(17)20)10(19)16-23(21,22)7-5-3-2-4-6(7)12/h2-5,8H,1H3,(H,16,19). The lowest BCUT2D eigenvalue weighted by atomic mass is 10.4. The molecule has 1 amide bonds. The van der Waals surface area contributed by atoms with E-state index in [9.17, 15) is 26.8 Å². The third-order valence-electron chi connectivity index (χ3n) is 2.75. The van der Waals surface area contributed by atoms with Crippen LogP contribution in [0.1, 0.15) is 12.2 Å². The van der Waals surface area contributed by atoms with Gasteiger partial charge in [-0.25, -0.2) is 31.5 Å². The number of amides is 1. The molecule has 0 aliphatic carbocycles. The minimum atomic E-state index is -4.41. The average molecular weight is 367 g/mol. The number of hydrogen-bond donors (Lipinski definition) is 1. The molecule has 8 nitrogen and oxygen atoms in total. The van der Waals surface area contributed by atoms with Crippen LogP contribution >= 0.6 is 11.6 Å². The van der Waals surface area contributed by atoms with Crippen LogP contribution in [-0.2, 0) is 17.1 Å². The van der Waals surface area contributed by atoms with Crippen LogP contribution in [0.5, 0.6) is 0 Å². The molecule has 0 bridgehead atoms. The van der Waals surface area contributed by atoms with Gasteiger partial charge < -0.3 is 0 Å². The zero-order valence-electron chi connectivity index (χ0n) is 11.4. The molecule has 124 valence electrons. The summed E-state index contributed by atoms with van der Waals surface area (Å²) in [6.45, 7) is 0. The van der Waals surface area contributed by atoms with E-state index in [4.69, 9.17) is 11.6 Å². The molecule has 0 saturated carbocycles. The maximum atomic E-state index is 12.6. The largest absolute Gasteiger partial charge is 0.360 e. The molecule has 23 heavy (non-hydrogen) atoms. The Morgan fingerprint density at radius 1 is 1.35 bits per heavy atom. The van der Waals surface area contributed by atoms with Crippen LogP contribution in [-0.4, -0.2) is 28.8 Å². The first kappa shape index (κ1) is 17.1. The molecule has 0 radical (unpaired) electrons. The molecule has 12 heteroatoms. The molecule has 1 aromatic heterocycles. The van der Waals surface area contributed by atoms with Crippen molar-refractivity contribution < 1.29 is 22.0 Å². The van der Waals surface area contributed by atoms with E-state index in [1.807, 2.05) is 0 Å². The number of halogens is 3. The van der Waals surface area contributed by atoms with Crippen molar-refractivity contribution in [2.75, 3.05) is 0 Å². The molecule has 0 spiro atoms. The molecule has 1 aromatic carbocycles. The lowest BCUT2D eigenvalue weighted by Crippen LogP contribution is -2.40. The van der Waals surface area contributed by atoms with Crippen molar-refractivity contribution in [3.63, 3.8) is 0 Å².